The fourth-order valence-corrected chi connectivity index (χ4v) is 3.05. The van der Waals surface area contributed by atoms with Crippen LogP contribution in [0.5, 0.6) is 0 Å². The molecule has 0 saturated carbocycles. The zero-order valence-corrected chi connectivity index (χ0v) is 16.2. The number of nitrogens with zero attached hydrogens (tertiary/aromatic N) is 2. The van der Waals surface area contributed by atoms with Crippen LogP contribution in [0.15, 0.2) is 39.9 Å². The number of aliphatic imine (C=N–C) groups is 1. The highest BCUT2D eigenvalue weighted by atomic mass is 16.5. The van der Waals surface area contributed by atoms with Gasteiger partial charge in [-0.2, -0.15) is 0 Å². The Morgan fingerprint density at radius 1 is 1.22 bits per heavy atom. The quantitative estimate of drug-likeness (QED) is 0.599. The van der Waals surface area contributed by atoms with Crippen LogP contribution in [0.1, 0.15) is 24.1 Å². The molecule has 2 heterocycles. The van der Waals surface area contributed by atoms with Crippen molar-refractivity contribution in [2.24, 2.45) is 4.99 Å². The van der Waals surface area contributed by atoms with Crippen molar-refractivity contribution in [3.63, 3.8) is 0 Å². The Bertz CT molecular complexity index is 749. The van der Waals surface area contributed by atoms with Gasteiger partial charge in [0.25, 0.3) is 0 Å². The Hall–Kier alpha value is -2.38. The van der Waals surface area contributed by atoms with Gasteiger partial charge in [0.2, 0.25) is 5.89 Å². The van der Waals surface area contributed by atoms with Gasteiger partial charge in [-0.3, -0.25) is 4.99 Å². The lowest BCUT2D eigenvalue weighted by atomic mass is 9.94. The van der Waals surface area contributed by atoms with Gasteiger partial charge in [0.15, 0.2) is 5.96 Å². The third-order valence-electron chi connectivity index (χ3n) is 4.93. The molecule has 7 heteroatoms. The molecule has 1 aromatic heterocycles. The van der Waals surface area contributed by atoms with Crippen molar-refractivity contribution < 1.29 is 13.9 Å². The van der Waals surface area contributed by atoms with Crippen LogP contribution in [0.25, 0.3) is 11.5 Å². The first-order valence-corrected chi connectivity index (χ1v) is 9.23. The number of hydrogen-bond acceptors (Lipinski definition) is 5. The van der Waals surface area contributed by atoms with Crippen LogP contribution < -0.4 is 10.6 Å². The molecule has 3 rings (SSSR count). The van der Waals surface area contributed by atoms with Crippen molar-refractivity contribution in [3.05, 3.63) is 41.8 Å². The van der Waals surface area contributed by atoms with E-state index in [9.17, 15) is 0 Å². The summed E-state index contributed by atoms with van der Waals surface area (Å²) in [5.41, 5.74) is 2.79. The monoisotopic (exact) mass is 372 g/mol. The largest absolute Gasteiger partial charge is 0.444 e. The molecule has 146 valence electrons. The minimum atomic E-state index is -0.206. The first-order valence-electron chi connectivity index (χ1n) is 9.23. The van der Waals surface area contributed by atoms with E-state index >= 15 is 0 Å². The second-order valence-corrected chi connectivity index (χ2v) is 6.79. The molecule has 0 bridgehead atoms. The number of oxazole rings is 1. The Morgan fingerprint density at radius 3 is 2.63 bits per heavy atom. The van der Waals surface area contributed by atoms with E-state index in [-0.39, 0.29) is 5.60 Å². The van der Waals surface area contributed by atoms with Gasteiger partial charge in [-0.25, -0.2) is 4.98 Å². The van der Waals surface area contributed by atoms with Crippen LogP contribution in [-0.2, 0) is 16.0 Å². The minimum Gasteiger partial charge on any atom is -0.444 e. The summed E-state index contributed by atoms with van der Waals surface area (Å²) in [5, 5.41) is 6.62. The van der Waals surface area contributed by atoms with E-state index in [0.717, 1.165) is 37.3 Å². The molecular formula is C20H28N4O3. The lowest BCUT2D eigenvalue weighted by molar-refractivity contribution is -0.0855. The number of ether oxygens (including phenoxy) is 2. The van der Waals surface area contributed by atoms with E-state index in [1.807, 2.05) is 24.3 Å². The number of hydrogen-bond donors (Lipinski definition) is 2. The van der Waals surface area contributed by atoms with Gasteiger partial charge in [0, 0.05) is 52.3 Å². The number of benzene rings is 1. The standard InChI is InChI=1S/C20H28N4O3/c1-15-4-6-16(7-5-15)18-24-17(13-27-18)12-22-19(21-2)23-14-20(25-3)8-10-26-11-9-20/h4-7,13H,8-12,14H2,1-3H3,(H2,21,22,23). The smallest absolute Gasteiger partial charge is 0.226 e. The Balaban J connectivity index is 1.53. The molecule has 1 saturated heterocycles. The second kappa shape index (κ2) is 9.01. The molecule has 2 aromatic rings. The van der Waals surface area contributed by atoms with Crippen molar-refractivity contribution >= 4 is 5.96 Å². The molecule has 0 atom stereocenters. The summed E-state index contributed by atoms with van der Waals surface area (Å²) in [6.45, 7) is 4.71. The highest BCUT2D eigenvalue weighted by Crippen LogP contribution is 2.23. The molecule has 1 aliphatic heterocycles. The SMILES string of the molecule is CN=C(NCc1coc(-c2ccc(C)cc2)n1)NCC1(OC)CCOCC1. The zero-order valence-electron chi connectivity index (χ0n) is 16.2. The fourth-order valence-electron chi connectivity index (χ4n) is 3.05. The predicted octanol–water partition coefficient (Wildman–Crippen LogP) is 2.51. The van der Waals surface area contributed by atoms with Crippen molar-refractivity contribution in [1.82, 2.24) is 15.6 Å². The molecule has 0 radical (unpaired) electrons. The van der Waals surface area contributed by atoms with Crippen LogP contribution in [0, 0.1) is 6.92 Å². The summed E-state index contributed by atoms with van der Waals surface area (Å²) in [6.07, 6.45) is 3.41. The Kier molecular flexibility index (Phi) is 6.47. The summed E-state index contributed by atoms with van der Waals surface area (Å²) < 4.78 is 16.8. The van der Waals surface area contributed by atoms with E-state index in [4.69, 9.17) is 13.9 Å². The van der Waals surface area contributed by atoms with E-state index in [1.165, 1.54) is 5.56 Å². The normalized spacial score (nSPS) is 16.9. The zero-order chi connectivity index (χ0) is 19.1. The minimum absolute atomic E-state index is 0.206. The lowest BCUT2D eigenvalue weighted by Crippen LogP contribution is -2.50. The van der Waals surface area contributed by atoms with Gasteiger partial charge in [0.1, 0.15) is 6.26 Å². The van der Waals surface area contributed by atoms with Crippen molar-refractivity contribution in [2.45, 2.75) is 31.9 Å². The summed E-state index contributed by atoms with van der Waals surface area (Å²) in [7, 11) is 3.50. The molecule has 1 aromatic carbocycles. The van der Waals surface area contributed by atoms with E-state index in [2.05, 4.69) is 27.5 Å². The summed E-state index contributed by atoms with van der Waals surface area (Å²) in [6, 6.07) is 8.12. The first kappa shape index (κ1) is 19.4. The molecule has 27 heavy (non-hydrogen) atoms. The molecule has 0 aliphatic carbocycles. The molecule has 0 unspecified atom stereocenters. The topological polar surface area (TPSA) is 80.9 Å². The van der Waals surface area contributed by atoms with Gasteiger partial charge in [-0.05, 0) is 19.1 Å². The Morgan fingerprint density at radius 2 is 1.96 bits per heavy atom. The molecule has 0 amide bonds. The fraction of sp³-hybridized carbons (Fsp3) is 0.500. The van der Waals surface area contributed by atoms with Gasteiger partial charge in [-0.1, -0.05) is 17.7 Å². The van der Waals surface area contributed by atoms with Gasteiger partial charge in [0.05, 0.1) is 17.8 Å². The van der Waals surface area contributed by atoms with Crippen LogP contribution in [0.4, 0.5) is 0 Å². The number of aromatic nitrogens is 1. The highest BCUT2D eigenvalue weighted by Gasteiger charge is 2.32. The molecule has 7 nitrogen and oxygen atoms in total. The van der Waals surface area contributed by atoms with E-state index < -0.39 is 0 Å². The Labute approximate surface area is 160 Å². The van der Waals surface area contributed by atoms with Crippen molar-refractivity contribution in [2.75, 3.05) is 33.9 Å². The predicted molar refractivity (Wildman–Crippen MR) is 105 cm³/mol. The van der Waals surface area contributed by atoms with Crippen LogP contribution in [0.2, 0.25) is 0 Å². The molecular weight excluding hydrogens is 344 g/mol. The summed E-state index contributed by atoms with van der Waals surface area (Å²) in [4.78, 5) is 8.82. The highest BCUT2D eigenvalue weighted by molar-refractivity contribution is 5.79. The number of aryl methyl sites for hydroxylation is 1. The maximum absolute atomic E-state index is 5.74. The van der Waals surface area contributed by atoms with Gasteiger partial charge in [-0.15, -0.1) is 0 Å². The lowest BCUT2D eigenvalue weighted by Gasteiger charge is -2.36. The number of nitrogens with one attached hydrogen (secondary N) is 2. The molecule has 2 N–H and O–H groups in total. The number of guanidine groups is 1. The second-order valence-electron chi connectivity index (χ2n) is 6.79. The first-order chi connectivity index (χ1) is 13.1. The average molecular weight is 372 g/mol. The third-order valence-corrected chi connectivity index (χ3v) is 4.93. The van der Waals surface area contributed by atoms with E-state index in [1.54, 1.807) is 20.4 Å². The van der Waals surface area contributed by atoms with Crippen LogP contribution >= 0.6 is 0 Å². The number of methoxy groups -OCH3 is 1. The molecule has 1 aliphatic rings. The summed E-state index contributed by atoms with van der Waals surface area (Å²) >= 11 is 0. The van der Waals surface area contributed by atoms with E-state index in [0.29, 0.717) is 24.9 Å². The number of rotatable bonds is 6. The maximum atomic E-state index is 5.74. The van der Waals surface area contributed by atoms with Gasteiger partial charge >= 0.3 is 0 Å². The third kappa shape index (κ3) is 5.08. The summed E-state index contributed by atoms with van der Waals surface area (Å²) in [5.74, 6) is 1.33. The average Bonchev–Trinajstić information content (AvgIpc) is 3.18. The maximum Gasteiger partial charge on any atom is 0.226 e. The molecule has 0 spiro atoms. The van der Waals surface area contributed by atoms with Crippen LogP contribution in [-0.4, -0.2) is 50.5 Å². The van der Waals surface area contributed by atoms with Crippen molar-refractivity contribution in [3.8, 4) is 11.5 Å². The molecule has 1 fully saturated rings. The van der Waals surface area contributed by atoms with Gasteiger partial charge < -0.3 is 24.5 Å². The van der Waals surface area contributed by atoms with Crippen LogP contribution in [0.3, 0.4) is 0 Å². The van der Waals surface area contributed by atoms with Crippen molar-refractivity contribution in [1.29, 1.82) is 0 Å².